The molecule has 0 aliphatic heterocycles. The van der Waals surface area contributed by atoms with Crippen LogP contribution in [0.15, 0.2) is 60.8 Å². The van der Waals surface area contributed by atoms with Gasteiger partial charge in [-0.25, -0.2) is 9.59 Å². The number of hydrogen-bond acceptors (Lipinski definition) is 5. The first kappa shape index (κ1) is 24.1. The minimum Gasteiger partial charge on any atom is -0.489 e. The summed E-state index contributed by atoms with van der Waals surface area (Å²) in [5, 5.41) is 0.756. The third-order valence-corrected chi connectivity index (χ3v) is 4.45. The molecule has 0 bridgehead atoms. The Morgan fingerprint density at radius 3 is 2.21 bits per heavy atom. The first-order valence-corrected chi connectivity index (χ1v) is 10.9. The van der Waals surface area contributed by atoms with Crippen molar-refractivity contribution in [2.75, 3.05) is 0 Å². The van der Waals surface area contributed by atoms with Crippen molar-refractivity contribution in [3.8, 4) is 5.75 Å². The van der Waals surface area contributed by atoms with Crippen molar-refractivity contribution >= 4 is 29.0 Å². The Morgan fingerprint density at radius 1 is 0.909 bits per heavy atom. The van der Waals surface area contributed by atoms with Crippen LogP contribution in [-0.2, 0) is 20.9 Å². The lowest BCUT2D eigenvalue weighted by molar-refractivity contribution is -0.148. The van der Waals surface area contributed by atoms with Crippen molar-refractivity contribution < 1.29 is 23.8 Å². The summed E-state index contributed by atoms with van der Waals surface area (Å²) in [5.74, 6) is 0.192. The maximum absolute atomic E-state index is 12.8. The van der Waals surface area contributed by atoms with Crippen LogP contribution in [0, 0.1) is 0 Å². The topological polar surface area (TPSA) is 66.8 Å². The van der Waals surface area contributed by atoms with Gasteiger partial charge >= 0.3 is 12.1 Å². The standard InChI is InChI=1S/C27H31NO5/c1-26(2,3)32-24(29)15-12-20-17-28(25(30)33-27(4,5)6)23-14-13-21(16-22(20)23)31-18-19-10-8-7-9-11-19/h7-17H,18H2,1-6H3/b15-12+. The lowest BCUT2D eigenvalue weighted by Gasteiger charge is -2.19. The Bertz CT molecular complexity index is 1160. The van der Waals surface area contributed by atoms with Gasteiger partial charge in [-0.05, 0) is 71.4 Å². The fraction of sp³-hybridized carbons (Fsp3) is 0.333. The molecule has 0 saturated heterocycles. The van der Waals surface area contributed by atoms with Crippen LogP contribution >= 0.6 is 0 Å². The van der Waals surface area contributed by atoms with Gasteiger partial charge in [0.15, 0.2) is 0 Å². The van der Waals surface area contributed by atoms with E-state index < -0.39 is 23.3 Å². The highest BCUT2D eigenvalue weighted by Gasteiger charge is 2.21. The average Bonchev–Trinajstić information content (AvgIpc) is 3.07. The van der Waals surface area contributed by atoms with E-state index in [2.05, 4.69) is 0 Å². The molecule has 0 unspecified atom stereocenters. The Labute approximate surface area is 194 Å². The molecule has 1 heterocycles. The van der Waals surface area contributed by atoms with Gasteiger partial charge in [-0.3, -0.25) is 4.57 Å². The molecule has 2 aromatic carbocycles. The third-order valence-electron chi connectivity index (χ3n) is 4.45. The number of esters is 1. The van der Waals surface area contributed by atoms with E-state index in [0.717, 1.165) is 10.9 Å². The number of rotatable bonds is 5. The molecule has 6 heteroatoms. The number of benzene rings is 2. The number of ether oxygens (including phenoxy) is 3. The molecule has 0 amide bonds. The van der Waals surface area contributed by atoms with Crippen LogP contribution in [0.2, 0.25) is 0 Å². The summed E-state index contributed by atoms with van der Waals surface area (Å²) >= 11 is 0. The molecule has 0 radical (unpaired) electrons. The predicted octanol–water partition coefficient (Wildman–Crippen LogP) is 6.36. The Morgan fingerprint density at radius 2 is 1.58 bits per heavy atom. The third kappa shape index (κ3) is 6.97. The normalized spacial score (nSPS) is 12.2. The molecule has 0 N–H and O–H groups in total. The zero-order valence-corrected chi connectivity index (χ0v) is 20.0. The van der Waals surface area contributed by atoms with Gasteiger partial charge in [0.25, 0.3) is 0 Å². The lowest BCUT2D eigenvalue weighted by atomic mass is 10.1. The first-order valence-electron chi connectivity index (χ1n) is 10.9. The highest BCUT2D eigenvalue weighted by molar-refractivity contribution is 5.98. The SMILES string of the molecule is CC(C)(C)OC(=O)/C=C/c1cn(C(=O)OC(C)(C)C)c2ccc(OCc3ccccc3)cc12. The van der Waals surface area contributed by atoms with E-state index in [-0.39, 0.29) is 0 Å². The van der Waals surface area contributed by atoms with Gasteiger partial charge in [0, 0.05) is 23.2 Å². The highest BCUT2D eigenvalue weighted by atomic mass is 16.6. The van der Waals surface area contributed by atoms with Crippen LogP contribution in [0.1, 0.15) is 52.7 Å². The Hall–Kier alpha value is -3.54. The number of carbonyl (C=O) groups excluding carboxylic acids is 2. The van der Waals surface area contributed by atoms with Crippen molar-refractivity contribution in [3.05, 3.63) is 71.9 Å². The largest absolute Gasteiger partial charge is 0.489 e. The minimum atomic E-state index is -0.640. The monoisotopic (exact) mass is 449 g/mol. The molecule has 0 atom stereocenters. The number of hydrogen-bond donors (Lipinski definition) is 0. The van der Waals surface area contributed by atoms with Crippen LogP contribution in [0.5, 0.6) is 5.75 Å². The van der Waals surface area contributed by atoms with E-state index >= 15 is 0 Å². The second-order valence-corrected chi connectivity index (χ2v) is 9.75. The summed E-state index contributed by atoms with van der Waals surface area (Å²) in [6.07, 6.45) is 4.15. The minimum absolute atomic E-state index is 0.419. The fourth-order valence-corrected chi connectivity index (χ4v) is 3.15. The zero-order chi connectivity index (χ0) is 24.2. The highest BCUT2D eigenvalue weighted by Crippen LogP contribution is 2.28. The number of nitrogens with zero attached hydrogens (tertiary/aromatic N) is 1. The molecule has 3 aromatic rings. The van der Waals surface area contributed by atoms with Crippen molar-refractivity contribution in [1.82, 2.24) is 4.57 Å². The van der Waals surface area contributed by atoms with Crippen molar-refractivity contribution in [2.24, 2.45) is 0 Å². The Kier molecular flexibility index (Phi) is 6.96. The van der Waals surface area contributed by atoms with Crippen LogP contribution < -0.4 is 4.74 Å². The quantitative estimate of drug-likeness (QED) is 0.335. The van der Waals surface area contributed by atoms with Crippen LogP contribution in [0.25, 0.3) is 17.0 Å². The predicted molar refractivity (Wildman–Crippen MR) is 129 cm³/mol. The maximum atomic E-state index is 12.8. The Balaban J connectivity index is 1.95. The zero-order valence-electron chi connectivity index (χ0n) is 20.0. The van der Waals surface area contributed by atoms with Crippen molar-refractivity contribution in [3.63, 3.8) is 0 Å². The summed E-state index contributed by atoms with van der Waals surface area (Å²) in [7, 11) is 0. The number of fused-ring (bicyclic) bond motifs is 1. The molecule has 33 heavy (non-hydrogen) atoms. The van der Waals surface area contributed by atoms with Crippen molar-refractivity contribution in [2.45, 2.75) is 59.4 Å². The van der Waals surface area contributed by atoms with Gasteiger partial charge in [0.2, 0.25) is 0 Å². The van der Waals surface area contributed by atoms with Gasteiger partial charge in [-0.1, -0.05) is 30.3 Å². The van der Waals surface area contributed by atoms with E-state index in [1.54, 1.807) is 12.3 Å². The van der Waals surface area contributed by atoms with Gasteiger partial charge < -0.3 is 14.2 Å². The summed E-state index contributed by atoms with van der Waals surface area (Å²) in [6, 6.07) is 15.3. The number of carbonyl (C=O) groups is 2. The van der Waals surface area contributed by atoms with Crippen LogP contribution in [0.3, 0.4) is 0 Å². The van der Waals surface area contributed by atoms with Crippen molar-refractivity contribution in [1.29, 1.82) is 0 Å². The van der Waals surface area contributed by atoms with E-state index in [4.69, 9.17) is 14.2 Å². The van der Waals surface area contributed by atoms with Gasteiger partial charge in [0.1, 0.15) is 23.6 Å². The van der Waals surface area contributed by atoms with Crippen LogP contribution in [0.4, 0.5) is 4.79 Å². The maximum Gasteiger partial charge on any atom is 0.419 e. The molecule has 0 spiro atoms. The molecular weight excluding hydrogens is 418 g/mol. The summed E-state index contributed by atoms with van der Waals surface area (Å²) in [5.41, 5.74) is 1.14. The average molecular weight is 450 g/mol. The molecule has 0 aliphatic carbocycles. The number of aromatic nitrogens is 1. The lowest BCUT2D eigenvalue weighted by Crippen LogP contribution is -2.26. The van der Waals surface area contributed by atoms with Gasteiger partial charge in [0.05, 0.1) is 5.52 Å². The molecule has 174 valence electrons. The molecule has 0 aliphatic rings. The molecule has 6 nitrogen and oxygen atoms in total. The second-order valence-electron chi connectivity index (χ2n) is 9.75. The van der Waals surface area contributed by atoms with Gasteiger partial charge in [-0.2, -0.15) is 0 Å². The molecular formula is C27H31NO5. The fourth-order valence-electron chi connectivity index (χ4n) is 3.15. The summed E-state index contributed by atoms with van der Waals surface area (Å²) < 4.78 is 18.3. The van der Waals surface area contributed by atoms with E-state index in [1.807, 2.05) is 90.1 Å². The van der Waals surface area contributed by atoms with E-state index in [9.17, 15) is 9.59 Å². The second kappa shape index (κ2) is 9.53. The first-order chi connectivity index (χ1) is 15.4. The molecule has 0 saturated carbocycles. The van der Waals surface area contributed by atoms with E-state index in [1.165, 1.54) is 10.6 Å². The smallest absolute Gasteiger partial charge is 0.419 e. The molecule has 3 rings (SSSR count). The van der Waals surface area contributed by atoms with Gasteiger partial charge in [-0.15, -0.1) is 0 Å². The van der Waals surface area contributed by atoms with E-state index in [0.29, 0.717) is 23.4 Å². The van der Waals surface area contributed by atoms with Crippen LogP contribution in [-0.4, -0.2) is 27.8 Å². The summed E-state index contributed by atoms with van der Waals surface area (Å²) in [6.45, 7) is 11.3. The molecule has 0 fully saturated rings. The summed E-state index contributed by atoms with van der Waals surface area (Å²) in [4.78, 5) is 25.0. The molecule has 1 aromatic heterocycles.